The van der Waals surface area contributed by atoms with E-state index in [1.54, 1.807) is 11.3 Å². The number of rotatable bonds is 4. The summed E-state index contributed by atoms with van der Waals surface area (Å²) in [5.74, 6) is 0. The quantitative estimate of drug-likeness (QED) is 0.776. The molecule has 0 saturated heterocycles. The number of hydrogen-bond donors (Lipinski definition) is 1. The summed E-state index contributed by atoms with van der Waals surface area (Å²) >= 11 is 7.70. The molecule has 3 rings (SSSR count). The summed E-state index contributed by atoms with van der Waals surface area (Å²) in [4.78, 5) is 5.76. The van der Waals surface area contributed by atoms with Crippen LogP contribution in [0.1, 0.15) is 43.5 Å². The predicted octanol–water partition coefficient (Wildman–Crippen LogP) is 5.28. The van der Waals surface area contributed by atoms with Gasteiger partial charge in [0.15, 0.2) is 0 Å². The Hall–Kier alpha value is -0.900. The third kappa shape index (κ3) is 4.29. The van der Waals surface area contributed by atoms with Crippen molar-refractivity contribution in [3.05, 3.63) is 40.5 Å². The standard InChI is InChI=1S/C17H21ClN2S/c18-14-9-7-13(8-10-14)16-11-20-17(21-16)12-19-15-5-3-1-2-4-6-15/h7-11,15,19H,1-6,12H2. The molecule has 1 aliphatic rings. The van der Waals surface area contributed by atoms with E-state index in [-0.39, 0.29) is 0 Å². The Morgan fingerprint density at radius 1 is 1.10 bits per heavy atom. The van der Waals surface area contributed by atoms with Crippen LogP contribution in [0.25, 0.3) is 10.4 Å². The first kappa shape index (κ1) is 15.0. The van der Waals surface area contributed by atoms with Gasteiger partial charge in [-0.25, -0.2) is 4.98 Å². The molecule has 1 heterocycles. The SMILES string of the molecule is Clc1ccc(-c2cnc(CNC3CCCCCC3)s2)cc1. The Morgan fingerprint density at radius 3 is 2.52 bits per heavy atom. The minimum absolute atomic E-state index is 0.676. The van der Waals surface area contributed by atoms with Crippen LogP contribution in [-0.4, -0.2) is 11.0 Å². The van der Waals surface area contributed by atoms with E-state index in [2.05, 4.69) is 22.4 Å². The van der Waals surface area contributed by atoms with E-state index in [4.69, 9.17) is 11.6 Å². The van der Waals surface area contributed by atoms with Crippen LogP contribution in [0.5, 0.6) is 0 Å². The van der Waals surface area contributed by atoms with Crippen LogP contribution in [0.3, 0.4) is 0 Å². The lowest BCUT2D eigenvalue weighted by molar-refractivity contribution is 0.458. The van der Waals surface area contributed by atoms with Crippen molar-refractivity contribution in [3.8, 4) is 10.4 Å². The number of hydrogen-bond acceptors (Lipinski definition) is 3. The maximum absolute atomic E-state index is 5.93. The van der Waals surface area contributed by atoms with Gasteiger partial charge in [-0.2, -0.15) is 0 Å². The average molecular weight is 321 g/mol. The van der Waals surface area contributed by atoms with Gasteiger partial charge in [-0.15, -0.1) is 11.3 Å². The smallest absolute Gasteiger partial charge is 0.107 e. The van der Waals surface area contributed by atoms with Crippen molar-refractivity contribution in [1.29, 1.82) is 0 Å². The number of thiazole rings is 1. The van der Waals surface area contributed by atoms with Gasteiger partial charge in [0.2, 0.25) is 0 Å². The van der Waals surface area contributed by atoms with Gasteiger partial charge in [0, 0.05) is 23.8 Å². The normalized spacial score (nSPS) is 16.8. The molecule has 0 amide bonds. The lowest BCUT2D eigenvalue weighted by Crippen LogP contribution is -2.27. The van der Waals surface area contributed by atoms with E-state index >= 15 is 0 Å². The summed E-state index contributed by atoms with van der Waals surface area (Å²) in [7, 11) is 0. The van der Waals surface area contributed by atoms with E-state index in [1.165, 1.54) is 54.0 Å². The minimum atomic E-state index is 0.676. The molecule has 4 heteroatoms. The fourth-order valence-electron chi connectivity index (χ4n) is 2.85. The highest BCUT2D eigenvalue weighted by Gasteiger charge is 2.12. The Kier molecular flexibility index (Phi) is 5.28. The third-order valence-corrected chi connectivity index (χ3v) is 5.38. The minimum Gasteiger partial charge on any atom is -0.308 e. The number of nitrogens with one attached hydrogen (secondary N) is 1. The van der Waals surface area contributed by atoms with Crippen LogP contribution in [0, 0.1) is 0 Å². The van der Waals surface area contributed by atoms with Crippen LogP contribution in [0.2, 0.25) is 5.02 Å². The lowest BCUT2D eigenvalue weighted by atomic mass is 10.1. The molecule has 1 N–H and O–H groups in total. The Labute approximate surface area is 135 Å². The number of benzene rings is 1. The van der Waals surface area contributed by atoms with Crippen LogP contribution < -0.4 is 5.32 Å². The second-order valence-electron chi connectivity index (χ2n) is 5.69. The number of nitrogens with zero attached hydrogens (tertiary/aromatic N) is 1. The van der Waals surface area contributed by atoms with Crippen molar-refractivity contribution in [3.63, 3.8) is 0 Å². The third-order valence-electron chi connectivity index (χ3n) is 4.08. The number of halogens is 1. The maximum atomic E-state index is 5.93. The molecule has 0 atom stereocenters. The monoisotopic (exact) mass is 320 g/mol. The lowest BCUT2D eigenvalue weighted by Gasteiger charge is -2.14. The highest BCUT2D eigenvalue weighted by atomic mass is 35.5. The first-order valence-electron chi connectivity index (χ1n) is 7.75. The summed E-state index contributed by atoms with van der Waals surface area (Å²) in [5, 5.41) is 5.63. The van der Waals surface area contributed by atoms with Gasteiger partial charge < -0.3 is 5.32 Å². The second-order valence-corrected chi connectivity index (χ2v) is 7.25. The molecule has 0 unspecified atom stereocenters. The zero-order valence-electron chi connectivity index (χ0n) is 12.1. The zero-order chi connectivity index (χ0) is 14.5. The molecule has 0 aliphatic heterocycles. The van der Waals surface area contributed by atoms with E-state index in [1.807, 2.05) is 18.3 Å². The summed E-state index contributed by atoms with van der Waals surface area (Å²) in [6.45, 7) is 0.892. The van der Waals surface area contributed by atoms with Crippen molar-refractivity contribution in [2.24, 2.45) is 0 Å². The van der Waals surface area contributed by atoms with Gasteiger partial charge >= 0.3 is 0 Å². The summed E-state index contributed by atoms with van der Waals surface area (Å²) in [6, 6.07) is 8.65. The summed E-state index contributed by atoms with van der Waals surface area (Å²) in [6.07, 6.45) is 10.1. The molecule has 1 saturated carbocycles. The molecular weight excluding hydrogens is 300 g/mol. The van der Waals surface area contributed by atoms with Crippen LogP contribution in [0.15, 0.2) is 30.5 Å². The van der Waals surface area contributed by atoms with Crippen molar-refractivity contribution < 1.29 is 0 Å². The molecule has 112 valence electrons. The molecule has 2 nitrogen and oxygen atoms in total. The van der Waals surface area contributed by atoms with E-state index in [9.17, 15) is 0 Å². The molecule has 1 aromatic heterocycles. The first-order valence-corrected chi connectivity index (χ1v) is 8.95. The number of aromatic nitrogens is 1. The molecule has 1 aliphatic carbocycles. The molecule has 1 aromatic carbocycles. The molecule has 0 spiro atoms. The highest BCUT2D eigenvalue weighted by molar-refractivity contribution is 7.15. The van der Waals surface area contributed by atoms with Gasteiger partial charge in [0.25, 0.3) is 0 Å². The van der Waals surface area contributed by atoms with Crippen LogP contribution in [0.4, 0.5) is 0 Å². The summed E-state index contributed by atoms with van der Waals surface area (Å²) in [5.41, 5.74) is 1.19. The molecular formula is C17H21ClN2S. The average Bonchev–Trinajstić information content (AvgIpc) is 2.81. The zero-order valence-corrected chi connectivity index (χ0v) is 13.7. The first-order chi connectivity index (χ1) is 10.3. The molecule has 2 aromatic rings. The molecule has 21 heavy (non-hydrogen) atoms. The largest absolute Gasteiger partial charge is 0.308 e. The van der Waals surface area contributed by atoms with Gasteiger partial charge in [-0.3, -0.25) is 0 Å². The molecule has 0 bridgehead atoms. The van der Waals surface area contributed by atoms with Gasteiger partial charge in [-0.05, 0) is 30.5 Å². The van der Waals surface area contributed by atoms with E-state index < -0.39 is 0 Å². The Balaban J connectivity index is 1.58. The van der Waals surface area contributed by atoms with E-state index in [0.717, 1.165) is 11.6 Å². The van der Waals surface area contributed by atoms with Crippen LogP contribution >= 0.6 is 22.9 Å². The maximum Gasteiger partial charge on any atom is 0.107 e. The highest BCUT2D eigenvalue weighted by Crippen LogP contribution is 2.27. The van der Waals surface area contributed by atoms with Crippen molar-refractivity contribution >= 4 is 22.9 Å². The molecule has 1 fully saturated rings. The second kappa shape index (κ2) is 7.39. The van der Waals surface area contributed by atoms with E-state index in [0.29, 0.717) is 6.04 Å². The Morgan fingerprint density at radius 2 is 1.81 bits per heavy atom. The molecule has 0 radical (unpaired) electrons. The van der Waals surface area contributed by atoms with Crippen molar-refractivity contribution in [2.75, 3.05) is 0 Å². The van der Waals surface area contributed by atoms with Crippen molar-refractivity contribution in [1.82, 2.24) is 10.3 Å². The summed E-state index contributed by atoms with van der Waals surface area (Å²) < 4.78 is 0. The van der Waals surface area contributed by atoms with Gasteiger partial charge in [0.1, 0.15) is 5.01 Å². The fourth-order valence-corrected chi connectivity index (χ4v) is 3.85. The predicted molar refractivity (Wildman–Crippen MR) is 90.9 cm³/mol. The Bertz CT molecular complexity index is 556. The van der Waals surface area contributed by atoms with Gasteiger partial charge in [0.05, 0.1) is 4.88 Å². The fraction of sp³-hybridized carbons (Fsp3) is 0.471. The van der Waals surface area contributed by atoms with Gasteiger partial charge in [-0.1, -0.05) is 49.4 Å². The van der Waals surface area contributed by atoms with Crippen molar-refractivity contribution in [2.45, 2.75) is 51.1 Å². The van der Waals surface area contributed by atoms with Crippen LogP contribution in [-0.2, 0) is 6.54 Å². The topological polar surface area (TPSA) is 24.9 Å².